The third-order valence-electron chi connectivity index (χ3n) is 2.82. The minimum atomic E-state index is -0.661. The fourth-order valence-electron chi connectivity index (χ4n) is 2.02. The molecule has 1 fully saturated rings. The van der Waals surface area contributed by atoms with Crippen molar-refractivity contribution >= 4 is 33.9 Å². The van der Waals surface area contributed by atoms with E-state index in [9.17, 15) is 4.79 Å². The van der Waals surface area contributed by atoms with E-state index in [2.05, 4.69) is 37.4 Å². The molecule has 0 spiro atoms. The van der Waals surface area contributed by atoms with Crippen molar-refractivity contribution in [3.8, 4) is 0 Å². The molecule has 0 saturated carbocycles. The van der Waals surface area contributed by atoms with Crippen LogP contribution in [-0.2, 0) is 0 Å². The second kappa shape index (κ2) is 5.86. The minimum absolute atomic E-state index is 0.661. The Balaban J connectivity index is 2.22. The fourth-order valence-corrected chi connectivity index (χ4v) is 2.37. The van der Waals surface area contributed by atoms with E-state index in [4.69, 9.17) is 5.73 Å². The Labute approximate surface area is 114 Å². The molecule has 1 heterocycles. The zero-order valence-corrected chi connectivity index (χ0v) is 11.5. The molecule has 0 unspecified atom stereocenters. The minimum Gasteiger partial charge on any atom is -0.371 e. The van der Waals surface area contributed by atoms with E-state index in [1.54, 1.807) is 6.21 Å². The maximum atomic E-state index is 10.6. The second-order valence-corrected chi connectivity index (χ2v) is 5.05. The summed E-state index contributed by atoms with van der Waals surface area (Å²) in [4.78, 5) is 12.9. The normalized spacial score (nSPS) is 15.3. The van der Waals surface area contributed by atoms with Crippen LogP contribution in [0.5, 0.6) is 0 Å². The quantitative estimate of drug-likeness (QED) is 0.662. The zero-order valence-electron chi connectivity index (χ0n) is 9.90. The molecule has 0 aliphatic carbocycles. The van der Waals surface area contributed by atoms with E-state index in [0.717, 1.165) is 28.8 Å². The number of rotatable bonds is 3. The first-order valence-corrected chi connectivity index (χ1v) is 6.59. The molecular weight excluding hydrogens is 296 g/mol. The smallest absolute Gasteiger partial charge is 0.332 e. The first kappa shape index (κ1) is 12.9. The molecule has 1 aromatic rings. The van der Waals surface area contributed by atoms with Crippen LogP contribution in [0.2, 0.25) is 0 Å². The van der Waals surface area contributed by atoms with Crippen LogP contribution in [0.25, 0.3) is 0 Å². The third kappa shape index (κ3) is 3.22. The van der Waals surface area contributed by atoms with Crippen molar-refractivity contribution < 1.29 is 4.79 Å². The molecule has 18 heavy (non-hydrogen) atoms. The summed E-state index contributed by atoms with van der Waals surface area (Å²) >= 11 is 3.47. The lowest BCUT2D eigenvalue weighted by molar-refractivity contribution is 0.249. The molecule has 1 aromatic carbocycles. The van der Waals surface area contributed by atoms with Gasteiger partial charge in [0.05, 0.1) is 6.21 Å². The maximum absolute atomic E-state index is 10.6. The van der Waals surface area contributed by atoms with Gasteiger partial charge >= 0.3 is 6.03 Å². The summed E-state index contributed by atoms with van der Waals surface area (Å²) in [5.41, 5.74) is 9.25. The molecular formula is C12H15BrN4O. The highest BCUT2D eigenvalue weighted by Crippen LogP contribution is 2.27. The van der Waals surface area contributed by atoms with E-state index in [1.165, 1.54) is 12.8 Å². The first-order chi connectivity index (χ1) is 8.66. The summed E-state index contributed by atoms with van der Waals surface area (Å²) in [5.74, 6) is 0. The number of urea groups is 1. The summed E-state index contributed by atoms with van der Waals surface area (Å²) in [5, 5.41) is 3.81. The SMILES string of the molecule is NC(=O)NN=Cc1ccc(Br)cc1N1CCCC1. The summed E-state index contributed by atoms with van der Waals surface area (Å²) in [7, 11) is 0. The number of hydrogen-bond acceptors (Lipinski definition) is 3. The molecule has 1 aliphatic rings. The van der Waals surface area contributed by atoms with Gasteiger partial charge in [0.1, 0.15) is 0 Å². The van der Waals surface area contributed by atoms with Gasteiger partial charge in [0.25, 0.3) is 0 Å². The molecule has 6 heteroatoms. The molecule has 3 N–H and O–H groups in total. The van der Waals surface area contributed by atoms with Gasteiger partial charge in [-0.15, -0.1) is 0 Å². The van der Waals surface area contributed by atoms with Crippen LogP contribution in [0.1, 0.15) is 18.4 Å². The van der Waals surface area contributed by atoms with Crippen molar-refractivity contribution in [3.63, 3.8) is 0 Å². The zero-order chi connectivity index (χ0) is 13.0. The van der Waals surface area contributed by atoms with Crippen molar-refractivity contribution in [1.29, 1.82) is 0 Å². The van der Waals surface area contributed by atoms with Crippen LogP contribution in [0.3, 0.4) is 0 Å². The lowest BCUT2D eigenvalue weighted by atomic mass is 10.2. The molecule has 5 nitrogen and oxygen atoms in total. The van der Waals surface area contributed by atoms with E-state index >= 15 is 0 Å². The maximum Gasteiger partial charge on any atom is 0.332 e. The molecule has 1 saturated heterocycles. The number of nitrogens with zero attached hydrogens (tertiary/aromatic N) is 2. The van der Waals surface area contributed by atoms with E-state index in [0.29, 0.717) is 0 Å². The second-order valence-electron chi connectivity index (χ2n) is 4.13. The fraction of sp³-hybridized carbons (Fsp3) is 0.333. The number of benzene rings is 1. The highest BCUT2D eigenvalue weighted by molar-refractivity contribution is 9.10. The lowest BCUT2D eigenvalue weighted by Gasteiger charge is -2.20. The van der Waals surface area contributed by atoms with E-state index in [-0.39, 0.29) is 0 Å². The van der Waals surface area contributed by atoms with Gasteiger partial charge in [-0.1, -0.05) is 22.0 Å². The summed E-state index contributed by atoms with van der Waals surface area (Å²) in [6, 6.07) is 5.32. The van der Waals surface area contributed by atoms with Crippen LogP contribution in [0.4, 0.5) is 10.5 Å². The van der Waals surface area contributed by atoms with Gasteiger partial charge in [0, 0.05) is 28.8 Å². The van der Waals surface area contributed by atoms with Crippen LogP contribution in [-0.4, -0.2) is 25.3 Å². The highest BCUT2D eigenvalue weighted by atomic mass is 79.9. The van der Waals surface area contributed by atoms with Crippen molar-refractivity contribution in [1.82, 2.24) is 5.43 Å². The Hall–Kier alpha value is -1.56. The first-order valence-electron chi connectivity index (χ1n) is 5.80. The van der Waals surface area contributed by atoms with Crippen LogP contribution in [0.15, 0.2) is 27.8 Å². The Bertz CT molecular complexity index is 469. The predicted molar refractivity (Wildman–Crippen MR) is 75.9 cm³/mol. The van der Waals surface area contributed by atoms with E-state index < -0.39 is 6.03 Å². The third-order valence-corrected chi connectivity index (χ3v) is 3.31. The van der Waals surface area contributed by atoms with Gasteiger partial charge in [-0.05, 0) is 25.0 Å². The number of nitrogens with two attached hydrogens (primary N) is 1. The van der Waals surface area contributed by atoms with Gasteiger partial charge in [-0.2, -0.15) is 5.10 Å². The van der Waals surface area contributed by atoms with Gasteiger partial charge in [-0.3, -0.25) is 0 Å². The van der Waals surface area contributed by atoms with Gasteiger partial charge < -0.3 is 10.6 Å². The van der Waals surface area contributed by atoms with E-state index in [1.807, 2.05) is 12.1 Å². The number of amides is 2. The van der Waals surface area contributed by atoms with Gasteiger partial charge in [0.15, 0.2) is 0 Å². The highest BCUT2D eigenvalue weighted by Gasteiger charge is 2.15. The monoisotopic (exact) mass is 310 g/mol. The Morgan fingerprint density at radius 3 is 2.83 bits per heavy atom. The number of hydrazone groups is 1. The standard InChI is InChI=1S/C12H15BrN4O/c13-10-4-3-9(8-15-16-12(14)18)11(7-10)17-5-1-2-6-17/h3-4,7-8H,1-2,5-6H2,(H3,14,16,18). The molecule has 1 aliphatic heterocycles. The molecule has 96 valence electrons. The number of primary amides is 1. The number of nitrogens with one attached hydrogen (secondary N) is 1. The average molecular weight is 311 g/mol. The van der Waals surface area contributed by atoms with Crippen molar-refractivity contribution in [2.75, 3.05) is 18.0 Å². The molecule has 2 rings (SSSR count). The molecule has 2 amide bonds. The van der Waals surface area contributed by atoms with Crippen LogP contribution < -0.4 is 16.1 Å². The Morgan fingerprint density at radius 2 is 2.17 bits per heavy atom. The lowest BCUT2D eigenvalue weighted by Crippen LogP contribution is -2.24. The Morgan fingerprint density at radius 1 is 1.44 bits per heavy atom. The van der Waals surface area contributed by atoms with Crippen LogP contribution in [0, 0.1) is 0 Å². The number of anilines is 1. The van der Waals surface area contributed by atoms with Crippen molar-refractivity contribution in [2.24, 2.45) is 10.8 Å². The summed E-state index contributed by atoms with van der Waals surface area (Å²) < 4.78 is 1.03. The molecule has 0 bridgehead atoms. The molecule has 0 radical (unpaired) electrons. The van der Waals surface area contributed by atoms with Crippen LogP contribution >= 0.6 is 15.9 Å². The summed E-state index contributed by atoms with van der Waals surface area (Å²) in [6.45, 7) is 2.11. The number of halogens is 1. The Kier molecular flexibility index (Phi) is 4.19. The number of carbonyl (C=O) groups excluding carboxylic acids is 1. The van der Waals surface area contributed by atoms with Gasteiger partial charge in [0.2, 0.25) is 0 Å². The van der Waals surface area contributed by atoms with Crippen molar-refractivity contribution in [2.45, 2.75) is 12.8 Å². The topological polar surface area (TPSA) is 70.7 Å². The largest absolute Gasteiger partial charge is 0.371 e. The average Bonchev–Trinajstić information content (AvgIpc) is 2.84. The molecule has 0 atom stereocenters. The number of hydrogen-bond donors (Lipinski definition) is 2. The number of carbonyl (C=O) groups is 1. The predicted octanol–water partition coefficient (Wildman–Crippen LogP) is 2.05. The van der Waals surface area contributed by atoms with Gasteiger partial charge in [-0.25, -0.2) is 10.2 Å². The van der Waals surface area contributed by atoms with Crippen molar-refractivity contribution in [3.05, 3.63) is 28.2 Å². The summed E-state index contributed by atoms with van der Waals surface area (Å²) in [6.07, 6.45) is 4.04. The molecule has 0 aromatic heterocycles.